The molecule has 1 saturated heterocycles. The van der Waals surface area contributed by atoms with Crippen LogP contribution < -0.4 is 10.6 Å². The van der Waals surface area contributed by atoms with Gasteiger partial charge in [0.15, 0.2) is 5.96 Å². The van der Waals surface area contributed by atoms with Crippen LogP contribution in [-0.2, 0) is 6.54 Å². The van der Waals surface area contributed by atoms with Crippen LogP contribution in [0.3, 0.4) is 0 Å². The molecule has 0 radical (unpaired) electrons. The van der Waals surface area contributed by atoms with Gasteiger partial charge in [-0.05, 0) is 50.9 Å². The minimum Gasteiger partial charge on any atom is -0.357 e. The summed E-state index contributed by atoms with van der Waals surface area (Å²) in [4.78, 5) is 11.5. The fraction of sp³-hybridized carbons (Fsp3) is 0.647. The Bertz CT molecular complexity index is 452. The molecule has 0 aromatic carbocycles. The number of rotatable bonds is 7. The number of aromatic nitrogens is 1. The molecule has 2 rings (SSSR count). The van der Waals surface area contributed by atoms with Crippen LogP contribution in [0.25, 0.3) is 0 Å². The van der Waals surface area contributed by atoms with Crippen molar-refractivity contribution in [2.45, 2.75) is 33.2 Å². The van der Waals surface area contributed by atoms with E-state index in [0.717, 1.165) is 30.7 Å². The minimum absolute atomic E-state index is 0. The third-order valence-electron chi connectivity index (χ3n) is 3.94. The first kappa shape index (κ1) is 20.2. The van der Waals surface area contributed by atoms with E-state index in [1.165, 1.54) is 32.5 Å². The van der Waals surface area contributed by atoms with E-state index in [1.54, 1.807) is 0 Å². The highest BCUT2D eigenvalue weighted by Gasteiger charge is 2.21. The van der Waals surface area contributed by atoms with Gasteiger partial charge in [0.25, 0.3) is 0 Å². The summed E-state index contributed by atoms with van der Waals surface area (Å²) in [5.74, 6) is 1.62. The van der Waals surface area contributed by atoms with E-state index in [1.807, 2.05) is 24.4 Å². The number of likely N-dealkylation sites (tertiary alicyclic amines) is 1. The lowest BCUT2D eigenvalue weighted by molar-refractivity contribution is 0.324. The van der Waals surface area contributed by atoms with Crippen LogP contribution in [0.15, 0.2) is 29.4 Å². The van der Waals surface area contributed by atoms with Gasteiger partial charge < -0.3 is 15.5 Å². The maximum Gasteiger partial charge on any atom is 0.191 e. The number of nitrogens with one attached hydrogen (secondary N) is 2. The molecule has 0 bridgehead atoms. The van der Waals surface area contributed by atoms with Crippen LogP contribution in [0.4, 0.5) is 0 Å². The fourth-order valence-electron chi connectivity index (χ4n) is 2.83. The Morgan fingerprint density at radius 3 is 2.91 bits per heavy atom. The average molecular weight is 431 g/mol. The van der Waals surface area contributed by atoms with Crippen LogP contribution in [0.2, 0.25) is 0 Å². The summed E-state index contributed by atoms with van der Waals surface area (Å²) in [6, 6.07) is 5.94. The molecule has 0 aliphatic carbocycles. The molecule has 1 aromatic rings. The van der Waals surface area contributed by atoms with Gasteiger partial charge in [-0.3, -0.25) is 4.98 Å². The lowest BCUT2D eigenvalue weighted by Crippen LogP contribution is -2.40. The lowest BCUT2D eigenvalue weighted by atomic mass is 10.1. The standard InChI is InChI=1S/C17H29N5.HI/c1-3-10-22-11-8-15(14-22)12-20-17(18-4-2)21-13-16-7-5-6-9-19-16;/h5-7,9,15H,3-4,8,10-14H2,1-2H3,(H2,18,20,21);1H. The Morgan fingerprint density at radius 1 is 1.35 bits per heavy atom. The topological polar surface area (TPSA) is 52.5 Å². The number of hydrogen-bond acceptors (Lipinski definition) is 3. The molecule has 130 valence electrons. The van der Waals surface area contributed by atoms with Gasteiger partial charge in [0.05, 0.1) is 12.2 Å². The Hall–Kier alpha value is -0.890. The molecule has 0 spiro atoms. The number of guanidine groups is 1. The molecule has 2 heterocycles. The van der Waals surface area contributed by atoms with Crippen molar-refractivity contribution in [2.24, 2.45) is 10.9 Å². The number of halogens is 1. The van der Waals surface area contributed by atoms with Gasteiger partial charge in [0, 0.05) is 25.8 Å². The van der Waals surface area contributed by atoms with Gasteiger partial charge in [-0.15, -0.1) is 24.0 Å². The van der Waals surface area contributed by atoms with Gasteiger partial charge in [-0.1, -0.05) is 13.0 Å². The van der Waals surface area contributed by atoms with Gasteiger partial charge in [-0.2, -0.15) is 0 Å². The summed E-state index contributed by atoms with van der Waals surface area (Å²) in [6.07, 6.45) is 4.34. The minimum atomic E-state index is 0. The predicted octanol–water partition coefficient (Wildman–Crippen LogP) is 2.49. The summed E-state index contributed by atoms with van der Waals surface area (Å²) in [6.45, 7) is 10.5. The average Bonchev–Trinajstić information content (AvgIpc) is 2.99. The molecule has 1 aliphatic heterocycles. The maximum absolute atomic E-state index is 4.62. The predicted molar refractivity (Wildman–Crippen MR) is 107 cm³/mol. The maximum atomic E-state index is 4.62. The third kappa shape index (κ3) is 7.48. The highest BCUT2D eigenvalue weighted by Crippen LogP contribution is 2.15. The van der Waals surface area contributed by atoms with Crippen molar-refractivity contribution < 1.29 is 0 Å². The van der Waals surface area contributed by atoms with Gasteiger partial charge >= 0.3 is 0 Å². The molecular weight excluding hydrogens is 401 g/mol. The smallest absolute Gasteiger partial charge is 0.191 e. The first-order valence-corrected chi connectivity index (χ1v) is 8.46. The summed E-state index contributed by atoms with van der Waals surface area (Å²) in [7, 11) is 0. The largest absolute Gasteiger partial charge is 0.357 e. The molecule has 1 unspecified atom stereocenters. The summed E-state index contributed by atoms with van der Waals surface area (Å²) < 4.78 is 0. The van der Waals surface area contributed by atoms with Crippen molar-refractivity contribution in [3.05, 3.63) is 30.1 Å². The molecular formula is C17H30IN5. The number of hydrogen-bond donors (Lipinski definition) is 2. The zero-order chi connectivity index (χ0) is 15.6. The Labute approximate surface area is 157 Å². The van der Waals surface area contributed by atoms with E-state index in [4.69, 9.17) is 0 Å². The van der Waals surface area contributed by atoms with Crippen molar-refractivity contribution in [1.29, 1.82) is 0 Å². The van der Waals surface area contributed by atoms with Crippen LogP contribution >= 0.6 is 24.0 Å². The zero-order valence-corrected chi connectivity index (χ0v) is 16.6. The van der Waals surface area contributed by atoms with E-state index in [2.05, 4.69) is 39.4 Å². The molecule has 1 atom stereocenters. The van der Waals surface area contributed by atoms with Gasteiger partial charge in [0.1, 0.15) is 0 Å². The second kappa shape index (κ2) is 11.6. The first-order chi connectivity index (χ1) is 10.8. The molecule has 6 heteroatoms. The molecule has 0 saturated carbocycles. The van der Waals surface area contributed by atoms with Crippen molar-refractivity contribution in [1.82, 2.24) is 20.5 Å². The van der Waals surface area contributed by atoms with E-state index >= 15 is 0 Å². The number of nitrogens with zero attached hydrogens (tertiary/aromatic N) is 3. The molecule has 0 amide bonds. The Balaban J connectivity index is 0.00000264. The van der Waals surface area contributed by atoms with Crippen molar-refractivity contribution in [3.63, 3.8) is 0 Å². The number of pyridine rings is 1. The highest BCUT2D eigenvalue weighted by molar-refractivity contribution is 14.0. The molecule has 5 nitrogen and oxygen atoms in total. The monoisotopic (exact) mass is 431 g/mol. The van der Waals surface area contributed by atoms with E-state index in [9.17, 15) is 0 Å². The molecule has 1 fully saturated rings. The molecule has 23 heavy (non-hydrogen) atoms. The van der Waals surface area contributed by atoms with Crippen molar-refractivity contribution in [2.75, 3.05) is 32.7 Å². The number of aliphatic imine (C=N–C) groups is 1. The summed E-state index contributed by atoms with van der Waals surface area (Å²) in [5.41, 5.74) is 0.995. The Morgan fingerprint density at radius 2 is 2.22 bits per heavy atom. The second-order valence-corrected chi connectivity index (χ2v) is 5.85. The normalized spacial score (nSPS) is 18.5. The van der Waals surface area contributed by atoms with Crippen molar-refractivity contribution >= 4 is 29.9 Å². The van der Waals surface area contributed by atoms with Crippen LogP contribution in [0.5, 0.6) is 0 Å². The summed E-state index contributed by atoms with van der Waals surface area (Å²) >= 11 is 0. The zero-order valence-electron chi connectivity index (χ0n) is 14.3. The molecule has 1 aliphatic rings. The first-order valence-electron chi connectivity index (χ1n) is 8.46. The van der Waals surface area contributed by atoms with E-state index in [0.29, 0.717) is 6.54 Å². The lowest BCUT2D eigenvalue weighted by Gasteiger charge is -2.16. The van der Waals surface area contributed by atoms with Crippen LogP contribution in [0.1, 0.15) is 32.4 Å². The second-order valence-electron chi connectivity index (χ2n) is 5.85. The van der Waals surface area contributed by atoms with Gasteiger partial charge in [-0.25, -0.2) is 4.99 Å². The summed E-state index contributed by atoms with van der Waals surface area (Å²) in [5, 5.41) is 6.79. The SMILES string of the molecule is CCCN1CCC(CNC(=NCc2ccccn2)NCC)C1.I. The van der Waals surface area contributed by atoms with Crippen molar-refractivity contribution in [3.8, 4) is 0 Å². The molecule has 2 N–H and O–H groups in total. The van der Waals surface area contributed by atoms with Gasteiger partial charge in [0.2, 0.25) is 0 Å². The Kier molecular flexibility index (Phi) is 10.2. The quantitative estimate of drug-likeness (QED) is 0.396. The fourth-order valence-corrected chi connectivity index (χ4v) is 2.83. The highest BCUT2D eigenvalue weighted by atomic mass is 127. The van der Waals surface area contributed by atoms with Crippen LogP contribution in [0, 0.1) is 5.92 Å². The molecule has 1 aromatic heterocycles. The van der Waals surface area contributed by atoms with Crippen LogP contribution in [-0.4, -0.2) is 48.6 Å². The van der Waals surface area contributed by atoms with E-state index < -0.39 is 0 Å². The third-order valence-corrected chi connectivity index (χ3v) is 3.94. The van der Waals surface area contributed by atoms with E-state index in [-0.39, 0.29) is 24.0 Å².